The first-order valence-corrected chi connectivity index (χ1v) is 7.18. The van der Waals surface area contributed by atoms with E-state index in [0.29, 0.717) is 22.4 Å². The van der Waals surface area contributed by atoms with E-state index in [4.69, 9.17) is 0 Å². The van der Waals surface area contributed by atoms with Crippen LogP contribution in [0.4, 0.5) is 4.39 Å². The lowest BCUT2D eigenvalue weighted by Crippen LogP contribution is -2.40. The lowest BCUT2D eigenvalue weighted by molar-refractivity contribution is 0.0724. The Morgan fingerprint density at radius 2 is 2.24 bits per heavy atom. The molecular weight excluding hydrogens is 353 g/mol. The molecule has 1 aromatic carbocycles. The molecule has 1 fully saturated rings. The van der Waals surface area contributed by atoms with Gasteiger partial charge >= 0.3 is 0 Å². The molecule has 1 heterocycles. The van der Waals surface area contributed by atoms with Gasteiger partial charge < -0.3 is 4.90 Å². The highest BCUT2D eigenvalue weighted by Gasteiger charge is 2.26. The molecule has 5 heteroatoms. The van der Waals surface area contributed by atoms with Crippen molar-refractivity contribution in [1.82, 2.24) is 4.90 Å². The summed E-state index contributed by atoms with van der Waals surface area (Å²) < 4.78 is 14.2. The van der Waals surface area contributed by atoms with E-state index in [1.54, 1.807) is 17.0 Å². The Morgan fingerprint density at radius 1 is 1.47 bits per heavy atom. The summed E-state index contributed by atoms with van der Waals surface area (Å²) in [5.74, 6) is -0.708. The number of nitrogens with zero attached hydrogens (tertiary/aromatic N) is 1. The molecule has 1 saturated heterocycles. The molecule has 2 nitrogen and oxygen atoms in total. The number of halogens is 3. The highest BCUT2D eigenvalue weighted by Crippen LogP contribution is 2.24. The number of hydrogen-bond donors (Lipinski definition) is 0. The summed E-state index contributed by atoms with van der Waals surface area (Å²) in [5, 5.41) is 0. The van der Waals surface area contributed by atoms with Crippen molar-refractivity contribution in [3.63, 3.8) is 0 Å². The molecule has 0 saturated carbocycles. The van der Waals surface area contributed by atoms with E-state index in [2.05, 4.69) is 31.9 Å². The van der Waals surface area contributed by atoms with Crippen molar-refractivity contribution in [2.45, 2.75) is 17.7 Å². The molecule has 1 aromatic rings. The van der Waals surface area contributed by atoms with Crippen molar-refractivity contribution in [1.29, 1.82) is 0 Å². The summed E-state index contributed by atoms with van der Waals surface area (Å²) in [7, 11) is 0. The molecule has 1 aliphatic rings. The fraction of sp³-hybridized carbons (Fsp3) is 0.417. The quantitative estimate of drug-likeness (QED) is 0.697. The molecule has 1 aliphatic heterocycles. The lowest BCUT2D eigenvalue weighted by Gasteiger charge is -2.30. The summed E-state index contributed by atoms with van der Waals surface area (Å²) in [5.41, 5.74) is 0.133. The third-order valence-corrected chi connectivity index (χ3v) is 4.24. The topological polar surface area (TPSA) is 20.3 Å². The maximum atomic E-state index is 13.7. The summed E-state index contributed by atoms with van der Waals surface area (Å²) in [6.45, 7) is 1.33. The first-order valence-electron chi connectivity index (χ1n) is 5.47. The SMILES string of the molecule is O=C(c1c(F)cccc1Br)N1CCCC(Br)C1. The third kappa shape index (κ3) is 2.88. The first kappa shape index (κ1) is 13.0. The number of amides is 1. The van der Waals surface area contributed by atoms with Gasteiger partial charge in [0.25, 0.3) is 5.91 Å². The van der Waals surface area contributed by atoms with Crippen molar-refractivity contribution >= 4 is 37.8 Å². The van der Waals surface area contributed by atoms with E-state index in [1.165, 1.54) is 6.07 Å². The van der Waals surface area contributed by atoms with E-state index < -0.39 is 5.82 Å². The molecule has 0 aliphatic carbocycles. The maximum absolute atomic E-state index is 13.7. The van der Waals surface area contributed by atoms with Crippen molar-refractivity contribution in [3.05, 3.63) is 34.1 Å². The largest absolute Gasteiger partial charge is 0.337 e. The van der Waals surface area contributed by atoms with Crippen LogP contribution in [0.3, 0.4) is 0 Å². The average molecular weight is 365 g/mol. The Bertz CT molecular complexity index is 418. The molecule has 0 N–H and O–H groups in total. The summed E-state index contributed by atoms with van der Waals surface area (Å²) in [4.78, 5) is 14.2. The van der Waals surface area contributed by atoms with Gasteiger partial charge in [0.1, 0.15) is 5.82 Å². The molecule has 0 radical (unpaired) electrons. The third-order valence-electron chi connectivity index (χ3n) is 2.83. The number of piperidine rings is 1. The van der Waals surface area contributed by atoms with Gasteiger partial charge in [-0.15, -0.1) is 0 Å². The van der Waals surface area contributed by atoms with Crippen molar-refractivity contribution in [2.24, 2.45) is 0 Å². The zero-order chi connectivity index (χ0) is 12.4. The van der Waals surface area contributed by atoms with Crippen LogP contribution in [-0.2, 0) is 0 Å². The molecule has 0 aromatic heterocycles. The zero-order valence-corrected chi connectivity index (χ0v) is 12.3. The van der Waals surface area contributed by atoms with Gasteiger partial charge in [-0.1, -0.05) is 22.0 Å². The first-order chi connectivity index (χ1) is 8.09. The normalized spacial score (nSPS) is 20.4. The number of carbonyl (C=O) groups excluding carboxylic acids is 1. The summed E-state index contributed by atoms with van der Waals surface area (Å²) >= 11 is 6.74. The smallest absolute Gasteiger partial charge is 0.258 e. The Kier molecular flexibility index (Phi) is 4.20. The molecule has 1 amide bonds. The highest BCUT2D eigenvalue weighted by molar-refractivity contribution is 9.10. The van der Waals surface area contributed by atoms with Crippen LogP contribution in [0.5, 0.6) is 0 Å². The Hall–Kier alpha value is -0.420. The molecule has 92 valence electrons. The van der Waals surface area contributed by atoms with Crippen LogP contribution in [-0.4, -0.2) is 28.7 Å². The molecule has 0 bridgehead atoms. The number of carbonyl (C=O) groups is 1. The second-order valence-electron chi connectivity index (χ2n) is 4.09. The minimum absolute atomic E-state index is 0.133. The van der Waals surface area contributed by atoms with Crippen LogP contribution in [0.25, 0.3) is 0 Å². The van der Waals surface area contributed by atoms with E-state index in [0.717, 1.165) is 12.8 Å². The minimum Gasteiger partial charge on any atom is -0.337 e. The molecule has 17 heavy (non-hydrogen) atoms. The number of alkyl halides is 1. The number of hydrogen-bond acceptors (Lipinski definition) is 1. The summed E-state index contributed by atoms with van der Waals surface area (Å²) in [6.07, 6.45) is 2.01. The molecular formula is C12H12Br2FNO. The van der Waals surface area contributed by atoms with Crippen LogP contribution >= 0.6 is 31.9 Å². The van der Waals surface area contributed by atoms with Crippen LogP contribution in [0.2, 0.25) is 0 Å². The van der Waals surface area contributed by atoms with E-state index in [9.17, 15) is 9.18 Å². The van der Waals surface area contributed by atoms with E-state index in [1.807, 2.05) is 0 Å². The molecule has 1 atom stereocenters. The lowest BCUT2D eigenvalue weighted by atomic mass is 10.1. The van der Waals surface area contributed by atoms with Crippen LogP contribution < -0.4 is 0 Å². The predicted octanol–water partition coefficient (Wildman–Crippen LogP) is 3.59. The Labute approximate surface area is 116 Å². The number of benzene rings is 1. The van der Waals surface area contributed by atoms with Gasteiger partial charge in [-0.3, -0.25) is 4.79 Å². The molecule has 2 rings (SSSR count). The fourth-order valence-electron chi connectivity index (χ4n) is 1.97. The second kappa shape index (κ2) is 5.48. The minimum atomic E-state index is -0.471. The van der Waals surface area contributed by atoms with Gasteiger partial charge in [0.05, 0.1) is 5.56 Å². The van der Waals surface area contributed by atoms with Gasteiger partial charge in [-0.05, 0) is 40.9 Å². The summed E-state index contributed by atoms with van der Waals surface area (Å²) in [6, 6.07) is 4.58. The van der Waals surface area contributed by atoms with Gasteiger partial charge in [-0.25, -0.2) is 4.39 Å². The Morgan fingerprint density at radius 3 is 2.88 bits per heavy atom. The predicted molar refractivity (Wildman–Crippen MR) is 72.0 cm³/mol. The zero-order valence-electron chi connectivity index (χ0n) is 9.13. The van der Waals surface area contributed by atoms with Gasteiger partial charge in [0, 0.05) is 22.4 Å². The highest BCUT2D eigenvalue weighted by atomic mass is 79.9. The average Bonchev–Trinajstić information content (AvgIpc) is 2.28. The van der Waals surface area contributed by atoms with Gasteiger partial charge in [0.2, 0.25) is 0 Å². The van der Waals surface area contributed by atoms with Crippen LogP contribution in [0.15, 0.2) is 22.7 Å². The maximum Gasteiger partial charge on any atom is 0.258 e. The van der Waals surface area contributed by atoms with Crippen LogP contribution in [0.1, 0.15) is 23.2 Å². The molecule has 0 spiro atoms. The number of likely N-dealkylation sites (tertiary alicyclic amines) is 1. The second-order valence-corrected chi connectivity index (χ2v) is 6.24. The van der Waals surface area contributed by atoms with E-state index in [-0.39, 0.29) is 11.5 Å². The number of rotatable bonds is 1. The fourth-order valence-corrected chi connectivity index (χ4v) is 3.15. The van der Waals surface area contributed by atoms with E-state index >= 15 is 0 Å². The van der Waals surface area contributed by atoms with Crippen LogP contribution in [0, 0.1) is 5.82 Å². The molecule has 1 unspecified atom stereocenters. The van der Waals surface area contributed by atoms with Crippen molar-refractivity contribution in [3.8, 4) is 0 Å². The Balaban J connectivity index is 2.24. The van der Waals surface area contributed by atoms with Crippen molar-refractivity contribution in [2.75, 3.05) is 13.1 Å². The van der Waals surface area contributed by atoms with Gasteiger partial charge in [-0.2, -0.15) is 0 Å². The standard InChI is InChI=1S/C12H12Br2FNO/c13-8-3-2-6-16(7-8)12(17)11-9(14)4-1-5-10(11)15/h1,4-5,8H,2-3,6-7H2. The monoisotopic (exact) mass is 363 g/mol. The van der Waals surface area contributed by atoms with Crippen molar-refractivity contribution < 1.29 is 9.18 Å². The van der Waals surface area contributed by atoms with Gasteiger partial charge in [0.15, 0.2) is 0 Å².